The molecule has 1 amide bonds. The second-order valence-electron chi connectivity index (χ2n) is 6.54. The highest BCUT2D eigenvalue weighted by atomic mass is 32.2. The van der Waals surface area contributed by atoms with E-state index in [1.165, 1.54) is 4.31 Å². The molecule has 1 aliphatic rings. The Morgan fingerprint density at radius 2 is 1.54 bits per heavy atom. The average molecular weight is 372 g/mol. The van der Waals surface area contributed by atoms with E-state index in [0.29, 0.717) is 43.9 Å². The minimum Gasteiger partial charge on any atom is -0.340 e. The molecule has 6 heteroatoms. The molecule has 1 aliphatic heterocycles. The van der Waals surface area contributed by atoms with Crippen LogP contribution in [0.5, 0.6) is 0 Å². The molecule has 2 aromatic carbocycles. The van der Waals surface area contributed by atoms with Crippen LogP contribution in [0.2, 0.25) is 0 Å². The standard InChI is InChI=1S/C20H24N2O3S/c1-17-7-5-6-10-19(17)26(24,25)22-15-13-21(14-16-22)20(23)12-11-18-8-3-2-4-9-18/h2-10H,11-16H2,1H3. The van der Waals surface area contributed by atoms with Gasteiger partial charge in [0.2, 0.25) is 15.9 Å². The fraction of sp³-hybridized carbons (Fsp3) is 0.350. The zero-order valence-electron chi connectivity index (χ0n) is 15.0. The lowest BCUT2D eigenvalue weighted by Crippen LogP contribution is -2.50. The molecular formula is C20H24N2O3S. The molecule has 0 unspecified atom stereocenters. The SMILES string of the molecule is Cc1ccccc1S(=O)(=O)N1CCN(C(=O)CCc2ccccc2)CC1. The van der Waals surface area contributed by atoms with E-state index in [2.05, 4.69) is 0 Å². The first-order valence-electron chi connectivity index (χ1n) is 8.86. The summed E-state index contributed by atoms with van der Waals surface area (Å²) in [4.78, 5) is 14.5. The highest BCUT2D eigenvalue weighted by Gasteiger charge is 2.30. The van der Waals surface area contributed by atoms with Crippen LogP contribution in [0.4, 0.5) is 0 Å². The van der Waals surface area contributed by atoms with E-state index in [9.17, 15) is 13.2 Å². The number of nitrogens with zero attached hydrogens (tertiary/aromatic N) is 2. The van der Waals surface area contributed by atoms with Crippen LogP contribution in [-0.4, -0.2) is 49.7 Å². The number of benzene rings is 2. The summed E-state index contributed by atoms with van der Waals surface area (Å²) in [5.41, 5.74) is 1.88. The molecule has 138 valence electrons. The molecular weight excluding hydrogens is 348 g/mol. The summed E-state index contributed by atoms with van der Waals surface area (Å²) >= 11 is 0. The Balaban J connectivity index is 1.57. The second kappa shape index (κ2) is 8.01. The first kappa shape index (κ1) is 18.6. The number of piperazine rings is 1. The topological polar surface area (TPSA) is 57.7 Å². The van der Waals surface area contributed by atoms with Crippen molar-refractivity contribution >= 4 is 15.9 Å². The molecule has 0 N–H and O–H groups in total. The Kier molecular flexibility index (Phi) is 5.74. The molecule has 0 saturated carbocycles. The number of hydrogen-bond acceptors (Lipinski definition) is 3. The summed E-state index contributed by atoms with van der Waals surface area (Å²) in [7, 11) is -3.50. The van der Waals surface area contributed by atoms with Gasteiger partial charge in [0.1, 0.15) is 0 Å². The number of carbonyl (C=O) groups is 1. The molecule has 0 atom stereocenters. The minimum absolute atomic E-state index is 0.0850. The second-order valence-corrected chi connectivity index (χ2v) is 8.44. The Morgan fingerprint density at radius 1 is 0.923 bits per heavy atom. The number of carbonyl (C=O) groups excluding carboxylic acids is 1. The van der Waals surface area contributed by atoms with Gasteiger partial charge in [0.05, 0.1) is 4.90 Å². The van der Waals surface area contributed by atoms with Gasteiger partial charge in [0.25, 0.3) is 0 Å². The van der Waals surface area contributed by atoms with E-state index >= 15 is 0 Å². The first-order valence-corrected chi connectivity index (χ1v) is 10.3. The van der Waals surface area contributed by atoms with Gasteiger partial charge in [0.15, 0.2) is 0 Å². The summed E-state index contributed by atoms with van der Waals surface area (Å²) < 4.78 is 27.1. The number of amides is 1. The van der Waals surface area contributed by atoms with E-state index in [1.54, 1.807) is 30.0 Å². The maximum Gasteiger partial charge on any atom is 0.243 e. The van der Waals surface area contributed by atoms with Gasteiger partial charge in [-0.2, -0.15) is 4.31 Å². The van der Waals surface area contributed by atoms with Crippen molar-refractivity contribution in [1.29, 1.82) is 0 Å². The van der Waals surface area contributed by atoms with Crippen LogP contribution < -0.4 is 0 Å². The molecule has 5 nitrogen and oxygen atoms in total. The molecule has 0 radical (unpaired) electrons. The van der Waals surface area contributed by atoms with Crippen molar-refractivity contribution in [2.75, 3.05) is 26.2 Å². The van der Waals surface area contributed by atoms with Gasteiger partial charge >= 0.3 is 0 Å². The van der Waals surface area contributed by atoms with E-state index in [-0.39, 0.29) is 5.91 Å². The maximum absolute atomic E-state index is 12.8. The highest BCUT2D eigenvalue weighted by molar-refractivity contribution is 7.89. The third kappa shape index (κ3) is 4.14. The molecule has 0 spiro atoms. The fourth-order valence-electron chi connectivity index (χ4n) is 3.22. The fourth-order valence-corrected chi connectivity index (χ4v) is 4.86. The van der Waals surface area contributed by atoms with Crippen molar-refractivity contribution in [2.24, 2.45) is 0 Å². The van der Waals surface area contributed by atoms with Gasteiger partial charge in [0, 0.05) is 32.6 Å². The lowest BCUT2D eigenvalue weighted by atomic mass is 10.1. The number of hydrogen-bond donors (Lipinski definition) is 0. The number of rotatable bonds is 5. The van der Waals surface area contributed by atoms with Gasteiger partial charge < -0.3 is 4.90 Å². The number of aryl methyl sites for hydroxylation is 2. The molecule has 0 aliphatic carbocycles. The largest absolute Gasteiger partial charge is 0.340 e. The van der Waals surface area contributed by atoms with E-state index in [0.717, 1.165) is 11.1 Å². The quantitative estimate of drug-likeness (QED) is 0.810. The van der Waals surface area contributed by atoms with E-state index < -0.39 is 10.0 Å². The Bertz CT molecular complexity index is 858. The van der Waals surface area contributed by atoms with Crippen molar-refractivity contribution in [2.45, 2.75) is 24.7 Å². The number of sulfonamides is 1. The van der Waals surface area contributed by atoms with Crippen molar-refractivity contribution in [1.82, 2.24) is 9.21 Å². The van der Waals surface area contributed by atoms with Gasteiger partial charge in [-0.1, -0.05) is 48.5 Å². The van der Waals surface area contributed by atoms with Gasteiger partial charge in [-0.3, -0.25) is 4.79 Å². The lowest BCUT2D eigenvalue weighted by molar-refractivity contribution is -0.132. The summed E-state index contributed by atoms with van der Waals surface area (Å²) in [5, 5.41) is 0. The minimum atomic E-state index is -3.50. The summed E-state index contributed by atoms with van der Waals surface area (Å²) in [6.45, 7) is 3.37. The monoisotopic (exact) mass is 372 g/mol. The molecule has 1 saturated heterocycles. The Hall–Kier alpha value is -2.18. The Morgan fingerprint density at radius 3 is 2.19 bits per heavy atom. The molecule has 0 bridgehead atoms. The molecule has 26 heavy (non-hydrogen) atoms. The molecule has 1 fully saturated rings. The highest BCUT2D eigenvalue weighted by Crippen LogP contribution is 2.21. The van der Waals surface area contributed by atoms with E-state index in [4.69, 9.17) is 0 Å². The Labute approximate surface area is 155 Å². The van der Waals surface area contributed by atoms with Crippen molar-refractivity contribution in [3.05, 3.63) is 65.7 Å². The van der Waals surface area contributed by atoms with Crippen LogP contribution in [0.1, 0.15) is 17.5 Å². The van der Waals surface area contributed by atoms with Crippen molar-refractivity contribution < 1.29 is 13.2 Å². The zero-order chi connectivity index (χ0) is 18.6. The zero-order valence-corrected chi connectivity index (χ0v) is 15.8. The van der Waals surface area contributed by atoms with Gasteiger partial charge in [-0.15, -0.1) is 0 Å². The maximum atomic E-state index is 12.8. The molecule has 2 aromatic rings. The van der Waals surface area contributed by atoms with Crippen LogP contribution in [0, 0.1) is 6.92 Å². The van der Waals surface area contributed by atoms with Gasteiger partial charge in [-0.25, -0.2) is 8.42 Å². The molecule has 3 rings (SSSR count). The van der Waals surface area contributed by atoms with Crippen molar-refractivity contribution in [3.63, 3.8) is 0 Å². The van der Waals surface area contributed by atoms with Crippen molar-refractivity contribution in [3.8, 4) is 0 Å². The van der Waals surface area contributed by atoms with Crippen LogP contribution in [0.3, 0.4) is 0 Å². The lowest BCUT2D eigenvalue weighted by Gasteiger charge is -2.34. The third-order valence-corrected chi connectivity index (χ3v) is 6.83. The first-order chi connectivity index (χ1) is 12.5. The third-order valence-electron chi connectivity index (χ3n) is 4.77. The van der Waals surface area contributed by atoms with Crippen LogP contribution in [0.25, 0.3) is 0 Å². The summed E-state index contributed by atoms with van der Waals surface area (Å²) in [6, 6.07) is 16.9. The van der Waals surface area contributed by atoms with Crippen LogP contribution in [-0.2, 0) is 21.2 Å². The smallest absolute Gasteiger partial charge is 0.243 e. The molecule has 0 aromatic heterocycles. The van der Waals surface area contributed by atoms with E-state index in [1.807, 2.05) is 36.4 Å². The summed E-state index contributed by atoms with van der Waals surface area (Å²) in [6.07, 6.45) is 1.16. The van der Waals surface area contributed by atoms with Crippen LogP contribution in [0.15, 0.2) is 59.5 Å². The molecule has 1 heterocycles. The normalized spacial score (nSPS) is 15.8. The predicted octanol–water partition coefficient (Wildman–Crippen LogP) is 2.46. The predicted molar refractivity (Wildman–Crippen MR) is 101 cm³/mol. The van der Waals surface area contributed by atoms with Gasteiger partial charge in [-0.05, 0) is 30.5 Å². The van der Waals surface area contributed by atoms with Crippen LogP contribution >= 0.6 is 0 Å². The average Bonchev–Trinajstić information content (AvgIpc) is 2.67. The summed E-state index contributed by atoms with van der Waals surface area (Å²) in [5.74, 6) is 0.0850.